The van der Waals surface area contributed by atoms with Crippen LogP contribution in [0.5, 0.6) is 11.5 Å². The molecule has 0 aliphatic carbocycles. The molecule has 0 radical (unpaired) electrons. The number of benzene rings is 2. The molecule has 28 heavy (non-hydrogen) atoms. The lowest BCUT2D eigenvalue weighted by atomic mass is 10.2. The summed E-state index contributed by atoms with van der Waals surface area (Å²) < 4.78 is 10.7. The zero-order chi connectivity index (χ0) is 19.8. The number of carbonyl (C=O) groups is 1. The molecule has 0 atom stereocenters. The predicted molar refractivity (Wildman–Crippen MR) is 107 cm³/mol. The van der Waals surface area contributed by atoms with Crippen LogP contribution in [0.15, 0.2) is 53.3 Å². The fourth-order valence-corrected chi connectivity index (χ4v) is 2.81. The van der Waals surface area contributed by atoms with Crippen molar-refractivity contribution in [1.82, 2.24) is 15.3 Å². The summed E-state index contributed by atoms with van der Waals surface area (Å²) in [6.45, 7) is 0.791. The summed E-state index contributed by atoms with van der Waals surface area (Å²) in [6.07, 6.45) is 1.49. The first-order chi connectivity index (χ1) is 13.7. The molecule has 7 nitrogen and oxygen atoms in total. The second kappa shape index (κ2) is 9.55. The van der Waals surface area contributed by atoms with Crippen molar-refractivity contribution in [1.29, 1.82) is 0 Å². The van der Waals surface area contributed by atoms with E-state index in [2.05, 4.69) is 15.3 Å². The zero-order valence-corrected chi connectivity index (χ0v) is 15.7. The number of amides is 1. The van der Waals surface area contributed by atoms with Crippen molar-refractivity contribution in [3.63, 3.8) is 0 Å². The van der Waals surface area contributed by atoms with Gasteiger partial charge < -0.3 is 19.8 Å². The van der Waals surface area contributed by atoms with Gasteiger partial charge in [-0.15, -0.1) is 0 Å². The van der Waals surface area contributed by atoms with Crippen LogP contribution in [-0.2, 0) is 11.2 Å². The van der Waals surface area contributed by atoms with Gasteiger partial charge in [-0.3, -0.25) is 9.59 Å². The molecule has 1 amide bonds. The maximum Gasteiger partial charge on any atom is 0.258 e. The molecule has 146 valence electrons. The molecule has 0 saturated carbocycles. The van der Waals surface area contributed by atoms with Gasteiger partial charge in [0.15, 0.2) is 0 Å². The number of hydrogen-bond acceptors (Lipinski definition) is 5. The monoisotopic (exact) mass is 381 g/mol. The largest absolute Gasteiger partial charge is 0.497 e. The van der Waals surface area contributed by atoms with Gasteiger partial charge in [-0.2, -0.15) is 0 Å². The average molecular weight is 381 g/mol. The lowest BCUT2D eigenvalue weighted by molar-refractivity contribution is -0.121. The number of carbonyl (C=O) groups excluding carboxylic acids is 1. The van der Waals surface area contributed by atoms with Crippen LogP contribution in [-0.4, -0.2) is 36.1 Å². The molecule has 1 heterocycles. The fourth-order valence-electron chi connectivity index (χ4n) is 2.81. The van der Waals surface area contributed by atoms with Gasteiger partial charge in [0.25, 0.3) is 5.56 Å². The van der Waals surface area contributed by atoms with Crippen LogP contribution in [0.4, 0.5) is 0 Å². The Morgan fingerprint density at radius 1 is 1.14 bits per heavy atom. The number of rotatable bonds is 9. The number of methoxy groups -OCH3 is 1. The molecule has 0 aliphatic rings. The van der Waals surface area contributed by atoms with Gasteiger partial charge in [-0.25, -0.2) is 4.98 Å². The molecule has 0 spiro atoms. The summed E-state index contributed by atoms with van der Waals surface area (Å²) in [5.41, 5.74) is 0.514. The van der Waals surface area contributed by atoms with Crippen LogP contribution in [0.2, 0.25) is 0 Å². The quantitative estimate of drug-likeness (QED) is 0.556. The molecule has 2 aromatic carbocycles. The first-order valence-electron chi connectivity index (χ1n) is 9.17. The Balaban J connectivity index is 1.38. The summed E-state index contributed by atoms with van der Waals surface area (Å²) >= 11 is 0. The van der Waals surface area contributed by atoms with Gasteiger partial charge >= 0.3 is 0 Å². The Labute approximate surface area is 162 Å². The minimum Gasteiger partial charge on any atom is -0.497 e. The van der Waals surface area contributed by atoms with Crippen LogP contribution in [0.25, 0.3) is 10.9 Å². The lowest BCUT2D eigenvalue weighted by Gasteiger charge is -2.09. The van der Waals surface area contributed by atoms with E-state index < -0.39 is 0 Å². The number of aromatic nitrogens is 2. The second-order valence-electron chi connectivity index (χ2n) is 6.26. The number of fused-ring (bicyclic) bond motifs is 1. The van der Waals surface area contributed by atoms with Crippen molar-refractivity contribution in [3.8, 4) is 11.5 Å². The van der Waals surface area contributed by atoms with E-state index in [4.69, 9.17) is 9.47 Å². The first kappa shape index (κ1) is 19.4. The smallest absolute Gasteiger partial charge is 0.258 e. The highest BCUT2D eigenvalue weighted by Crippen LogP contribution is 2.18. The summed E-state index contributed by atoms with van der Waals surface area (Å²) in [7, 11) is 1.60. The summed E-state index contributed by atoms with van der Waals surface area (Å²) in [5.74, 6) is 1.96. The highest BCUT2D eigenvalue weighted by atomic mass is 16.5. The molecule has 0 fully saturated rings. The SMILES string of the molecule is COc1cccc(OCCNC(=O)CCCc2nc3ccccc3c(=O)[nH]2)c1. The summed E-state index contributed by atoms with van der Waals surface area (Å²) in [4.78, 5) is 31.2. The van der Waals surface area contributed by atoms with Crippen LogP contribution in [0.1, 0.15) is 18.7 Å². The van der Waals surface area contributed by atoms with Crippen LogP contribution >= 0.6 is 0 Å². The van der Waals surface area contributed by atoms with E-state index in [-0.39, 0.29) is 11.5 Å². The van der Waals surface area contributed by atoms with Crippen molar-refractivity contribution >= 4 is 16.8 Å². The number of H-pyrrole nitrogens is 1. The lowest BCUT2D eigenvalue weighted by Crippen LogP contribution is -2.28. The second-order valence-corrected chi connectivity index (χ2v) is 6.26. The molecule has 3 rings (SSSR count). The van der Waals surface area contributed by atoms with Crippen molar-refractivity contribution in [3.05, 3.63) is 64.7 Å². The van der Waals surface area contributed by atoms with Crippen molar-refractivity contribution in [2.24, 2.45) is 0 Å². The standard InChI is InChI=1S/C21H23N3O4/c1-27-15-6-4-7-16(14-15)28-13-12-22-20(25)11-5-10-19-23-18-9-3-2-8-17(18)21(26)24-19/h2-4,6-9,14H,5,10-13H2,1H3,(H,22,25)(H,23,24,26). The molecule has 0 bridgehead atoms. The molecular formula is C21H23N3O4. The van der Waals surface area contributed by atoms with Gasteiger partial charge in [-0.05, 0) is 30.7 Å². The van der Waals surface area contributed by atoms with Gasteiger partial charge in [0, 0.05) is 18.9 Å². The van der Waals surface area contributed by atoms with Crippen molar-refractivity contribution in [2.45, 2.75) is 19.3 Å². The molecule has 0 unspecified atom stereocenters. The van der Waals surface area contributed by atoms with Gasteiger partial charge in [0.2, 0.25) is 5.91 Å². The van der Waals surface area contributed by atoms with E-state index in [0.717, 1.165) is 5.75 Å². The third-order valence-corrected chi connectivity index (χ3v) is 4.21. The molecular weight excluding hydrogens is 358 g/mol. The van der Waals surface area contributed by atoms with Crippen LogP contribution in [0, 0.1) is 0 Å². The Morgan fingerprint density at radius 2 is 1.96 bits per heavy atom. The predicted octanol–water partition coefficient (Wildman–Crippen LogP) is 2.45. The van der Waals surface area contributed by atoms with E-state index in [0.29, 0.717) is 54.9 Å². The zero-order valence-electron chi connectivity index (χ0n) is 15.7. The van der Waals surface area contributed by atoms with Crippen LogP contribution in [0.3, 0.4) is 0 Å². The average Bonchev–Trinajstić information content (AvgIpc) is 2.71. The highest BCUT2D eigenvalue weighted by Gasteiger charge is 2.06. The van der Waals surface area contributed by atoms with Crippen molar-refractivity contribution < 1.29 is 14.3 Å². The Kier molecular flexibility index (Phi) is 6.62. The Hall–Kier alpha value is -3.35. The van der Waals surface area contributed by atoms with Crippen LogP contribution < -0.4 is 20.3 Å². The number of nitrogens with zero attached hydrogens (tertiary/aromatic N) is 1. The van der Waals surface area contributed by atoms with E-state index in [1.165, 1.54) is 0 Å². The maximum absolute atomic E-state index is 12.0. The molecule has 0 saturated heterocycles. The molecule has 0 aliphatic heterocycles. The van der Waals surface area contributed by atoms with Gasteiger partial charge in [0.1, 0.15) is 23.9 Å². The first-order valence-corrected chi connectivity index (χ1v) is 9.17. The number of aryl methyl sites for hydroxylation is 1. The molecule has 2 N–H and O–H groups in total. The number of ether oxygens (including phenoxy) is 2. The Morgan fingerprint density at radius 3 is 2.82 bits per heavy atom. The summed E-state index contributed by atoms with van der Waals surface area (Å²) in [6, 6.07) is 14.5. The van der Waals surface area contributed by atoms with Crippen molar-refractivity contribution in [2.75, 3.05) is 20.3 Å². The third kappa shape index (κ3) is 5.33. The van der Waals surface area contributed by atoms with E-state index >= 15 is 0 Å². The number of aromatic amines is 1. The van der Waals surface area contributed by atoms with E-state index in [1.807, 2.05) is 30.3 Å². The minimum atomic E-state index is -0.153. The highest BCUT2D eigenvalue weighted by molar-refractivity contribution is 5.77. The van der Waals surface area contributed by atoms with Gasteiger partial charge in [-0.1, -0.05) is 18.2 Å². The van der Waals surface area contributed by atoms with Gasteiger partial charge in [0.05, 0.1) is 24.6 Å². The topological polar surface area (TPSA) is 93.3 Å². The number of para-hydroxylation sites is 1. The Bertz CT molecular complexity index is 1000. The fraction of sp³-hybridized carbons (Fsp3) is 0.286. The number of hydrogen-bond donors (Lipinski definition) is 2. The molecule has 3 aromatic rings. The van der Waals surface area contributed by atoms with E-state index in [1.54, 1.807) is 25.3 Å². The van der Waals surface area contributed by atoms with E-state index in [9.17, 15) is 9.59 Å². The third-order valence-electron chi connectivity index (χ3n) is 4.21. The normalized spacial score (nSPS) is 10.6. The molecule has 1 aromatic heterocycles. The number of nitrogens with one attached hydrogen (secondary N) is 2. The summed E-state index contributed by atoms with van der Waals surface area (Å²) in [5, 5.41) is 3.39. The minimum absolute atomic E-state index is 0.0580. The molecule has 7 heteroatoms. The maximum atomic E-state index is 12.0.